The Morgan fingerprint density at radius 1 is 1.53 bits per heavy atom. The van der Waals surface area contributed by atoms with Crippen molar-refractivity contribution in [3.63, 3.8) is 0 Å². The lowest BCUT2D eigenvalue weighted by Crippen LogP contribution is -2.62. The quantitative estimate of drug-likeness (QED) is 0.758. The SMILES string of the molecule is CC(C)(C)OC(=O)N1CC(CO)(CF)C1. The van der Waals surface area contributed by atoms with Gasteiger partial charge in [0.1, 0.15) is 12.3 Å². The number of alkyl halides is 1. The van der Waals surface area contributed by atoms with Crippen molar-refractivity contribution in [1.82, 2.24) is 4.90 Å². The number of aliphatic hydroxyl groups excluding tert-OH is 1. The Bertz CT molecular complexity index is 238. The number of hydrogen-bond donors (Lipinski definition) is 1. The molecule has 1 aliphatic heterocycles. The number of likely N-dealkylation sites (tertiary alicyclic amines) is 1. The molecule has 0 aromatic heterocycles. The highest BCUT2D eigenvalue weighted by atomic mass is 19.1. The molecule has 1 saturated heterocycles. The van der Waals surface area contributed by atoms with Gasteiger partial charge in [-0.3, -0.25) is 4.39 Å². The van der Waals surface area contributed by atoms with Crippen LogP contribution in [0.1, 0.15) is 20.8 Å². The van der Waals surface area contributed by atoms with E-state index < -0.39 is 23.8 Å². The molecule has 4 nitrogen and oxygen atoms in total. The number of hydrogen-bond acceptors (Lipinski definition) is 3. The monoisotopic (exact) mass is 219 g/mol. The normalized spacial score (nSPS) is 19.7. The fraction of sp³-hybridized carbons (Fsp3) is 0.900. The average Bonchev–Trinajstić information content (AvgIpc) is 2.00. The minimum Gasteiger partial charge on any atom is -0.444 e. The van der Waals surface area contributed by atoms with E-state index in [9.17, 15) is 9.18 Å². The maximum Gasteiger partial charge on any atom is 0.410 e. The number of aliphatic hydroxyl groups is 1. The lowest BCUT2D eigenvalue weighted by molar-refractivity contribution is -0.0653. The predicted octanol–water partition coefficient (Wildman–Crippen LogP) is 1.19. The van der Waals surface area contributed by atoms with Gasteiger partial charge in [0.2, 0.25) is 0 Å². The predicted molar refractivity (Wildman–Crippen MR) is 53.3 cm³/mol. The van der Waals surface area contributed by atoms with Crippen LogP contribution >= 0.6 is 0 Å². The second-order valence-electron chi connectivity index (χ2n) is 5.13. The first-order chi connectivity index (χ1) is 6.82. The van der Waals surface area contributed by atoms with Crippen LogP contribution in [0.25, 0.3) is 0 Å². The Morgan fingerprint density at radius 3 is 2.40 bits per heavy atom. The molecule has 0 bridgehead atoms. The molecule has 1 rings (SSSR count). The van der Waals surface area contributed by atoms with Crippen LogP contribution in [0.4, 0.5) is 9.18 Å². The van der Waals surface area contributed by atoms with E-state index in [1.54, 1.807) is 20.8 Å². The van der Waals surface area contributed by atoms with Gasteiger partial charge in [0.15, 0.2) is 0 Å². The van der Waals surface area contributed by atoms with E-state index in [0.29, 0.717) is 0 Å². The molecule has 1 aliphatic rings. The van der Waals surface area contributed by atoms with Crippen LogP contribution in [0.5, 0.6) is 0 Å². The first-order valence-corrected chi connectivity index (χ1v) is 4.97. The summed E-state index contributed by atoms with van der Waals surface area (Å²) in [6.07, 6.45) is -0.444. The molecule has 0 spiro atoms. The first kappa shape index (κ1) is 12.2. The smallest absolute Gasteiger partial charge is 0.410 e. The lowest BCUT2D eigenvalue weighted by Gasteiger charge is -2.47. The highest BCUT2D eigenvalue weighted by molar-refractivity contribution is 5.69. The maximum absolute atomic E-state index is 12.5. The standard InChI is InChI=1S/C10H18FNO3/c1-9(2,3)15-8(14)12-5-10(4-11,6-12)7-13/h13H,4-7H2,1-3H3. The number of amides is 1. The summed E-state index contributed by atoms with van der Waals surface area (Å²) in [6.45, 7) is 4.95. The van der Waals surface area contributed by atoms with Gasteiger partial charge in [0.05, 0.1) is 12.0 Å². The molecule has 1 fully saturated rings. The topological polar surface area (TPSA) is 49.8 Å². The Balaban J connectivity index is 2.42. The van der Waals surface area contributed by atoms with E-state index in [4.69, 9.17) is 9.84 Å². The summed E-state index contributed by atoms with van der Waals surface area (Å²) in [4.78, 5) is 12.9. The second-order valence-corrected chi connectivity index (χ2v) is 5.13. The highest BCUT2D eigenvalue weighted by Crippen LogP contribution is 2.31. The summed E-state index contributed by atoms with van der Waals surface area (Å²) in [5.41, 5.74) is -1.29. The summed E-state index contributed by atoms with van der Waals surface area (Å²) >= 11 is 0. The van der Waals surface area contributed by atoms with E-state index in [0.717, 1.165) is 0 Å². The van der Waals surface area contributed by atoms with Crippen LogP contribution in [-0.2, 0) is 4.74 Å². The molecule has 0 atom stereocenters. The van der Waals surface area contributed by atoms with E-state index in [2.05, 4.69) is 0 Å². The summed E-state index contributed by atoms with van der Waals surface area (Å²) in [6, 6.07) is 0. The molecule has 88 valence electrons. The second kappa shape index (κ2) is 3.96. The number of rotatable bonds is 2. The fourth-order valence-corrected chi connectivity index (χ4v) is 1.45. The van der Waals surface area contributed by atoms with Gasteiger partial charge in [-0.25, -0.2) is 4.79 Å². The minimum absolute atomic E-state index is 0.231. The Hall–Kier alpha value is -0.840. The number of carbonyl (C=O) groups is 1. The maximum atomic E-state index is 12.5. The van der Waals surface area contributed by atoms with E-state index >= 15 is 0 Å². The molecule has 1 amide bonds. The highest BCUT2D eigenvalue weighted by Gasteiger charge is 2.46. The van der Waals surface area contributed by atoms with Gasteiger partial charge in [0.25, 0.3) is 0 Å². The zero-order chi connectivity index (χ0) is 11.7. The fourth-order valence-electron chi connectivity index (χ4n) is 1.45. The molecular formula is C10H18FNO3. The van der Waals surface area contributed by atoms with Gasteiger partial charge in [-0.2, -0.15) is 0 Å². The third-order valence-corrected chi connectivity index (χ3v) is 2.32. The third kappa shape index (κ3) is 2.81. The molecule has 0 radical (unpaired) electrons. The van der Waals surface area contributed by atoms with E-state index in [1.165, 1.54) is 4.90 Å². The first-order valence-electron chi connectivity index (χ1n) is 4.97. The Morgan fingerprint density at radius 2 is 2.07 bits per heavy atom. The van der Waals surface area contributed by atoms with Crippen molar-refractivity contribution < 1.29 is 19.0 Å². The lowest BCUT2D eigenvalue weighted by atomic mass is 9.82. The van der Waals surface area contributed by atoms with Crippen LogP contribution in [0, 0.1) is 5.41 Å². The van der Waals surface area contributed by atoms with Crippen molar-refractivity contribution in [2.45, 2.75) is 26.4 Å². The minimum atomic E-state index is -0.753. The Kier molecular flexibility index (Phi) is 3.23. The zero-order valence-electron chi connectivity index (χ0n) is 9.42. The van der Waals surface area contributed by atoms with Gasteiger partial charge < -0.3 is 14.7 Å². The van der Waals surface area contributed by atoms with E-state index in [-0.39, 0.29) is 19.7 Å². The van der Waals surface area contributed by atoms with Crippen LogP contribution in [0.2, 0.25) is 0 Å². The van der Waals surface area contributed by atoms with Gasteiger partial charge in [-0.15, -0.1) is 0 Å². The van der Waals surface area contributed by atoms with Gasteiger partial charge in [0, 0.05) is 13.1 Å². The average molecular weight is 219 g/mol. The molecule has 0 aliphatic carbocycles. The van der Waals surface area contributed by atoms with Crippen molar-refractivity contribution in [2.24, 2.45) is 5.41 Å². The molecule has 0 unspecified atom stereocenters. The molecule has 15 heavy (non-hydrogen) atoms. The number of carbonyl (C=O) groups excluding carboxylic acids is 1. The largest absolute Gasteiger partial charge is 0.444 e. The molecular weight excluding hydrogens is 201 g/mol. The van der Waals surface area contributed by atoms with Crippen LogP contribution in [-0.4, -0.2) is 48.1 Å². The number of nitrogens with zero attached hydrogens (tertiary/aromatic N) is 1. The van der Waals surface area contributed by atoms with Gasteiger partial charge >= 0.3 is 6.09 Å². The molecule has 5 heteroatoms. The van der Waals surface area contributed by atoms with Crippen molar-refractivity contribution in [3.05, 3.63) is 0 Å². The third-order valence-electron chi connectivity index (χ3n) is 2.32. The van der Waals surface area contributed by atoms with Crippen molar-refractivity contribution in [2.75, 3.05) is 26.4 Å². The van der Waals surface area contributed by atoms with Gasteiger partial charge in [-0.05, 0) is 20.8 Å². The molecule has 0 aromatic rings. The zero-order valence-corrected chi connectivity index (χ0v) is 9.42. The molecule has 0 aromatic carbocycles. The summed E-state index contributed by atoms with van der Waals surface area (Å²) in [5.74, 6) is 0. The molecule has 1 heterocycles. The van der Waals surface area contributed by atoms with Crippen molar-refractivity contribution in [1.29, 1.82) is 0 Å². The summed E-state index contributed by atoms with van der Waals surface area (Å²) in [7, 11) is 0. The number of halogens is 1. The summed E-state index contributed by atoms with van der Waals surface area (Å²) in [5, 5.41) is 8.95. The van der Waals surface area contributed by atoms with Crippen molar-refractivity contribution >= 4 is 6.09 Å². The Labute approximate surface area is 89.0 Å². The number of ether oxygens (including phenoxy) is 1. The van der Waals surface area contributed by atoms with Crippen molar-refractivity contribution in [3.8, 4) is 0 Å². The van der Waals surface area contributed by atoms with Crippen LogP contribution in [0.15, 0.2) is 0 Å². The molecule has 0 saturated carbocycles. The van der Waals surface area contributed by atoms with Gasteiger partial charge in [-0.1, -0.05) is 0 Å². The van der Waals surface area contributed by atoms with Crippen LogP contribution < -0.4 is 0 Å². The van der Waals surface area contributed by atoms with E-state index in [1.807, 2.05) is 0 Å². The summed E-state index contributed by atoms with van der Waals surface area (Å²) < 4.78 is 17.6. The molecule has 1 N–H and O–H groups in total. The van der Waals surface area contributed by atoms with Crippen LogP contribution in [0.3, 0.4) is 0 Å².